The van der Waals surface area contributed by atoms with Crippen molar-refractivity contribution in [2.24, 2.45) is 0 Å². The van der Waals surface area contributed by atoms with Crippen molar-refractivity contribution in [2.45, 2.75) is 6.42 Å². The molecule has 0 unspecified atom stereocenters. The molecule has 0 nitrogen and oxygen atoms in total. The van der Waals surface area contributed by atoms with Crippen LogP contribution in [0.15, 0.2) is 60.1 Å². The summed E-state index contributed by atoms with van der Waals surface area (Å²) in [5.74, 6) is 0. The summed E-state index contributed by atoms with van der Waals surface area (Å²) in [5, 5.41) is 2.55. The fraction of sp³-hybridized carbons (Fsp3) is 0.0667. The molecule has 0 aromatic heterocycles. The van der Waals surface area contributed by atoms with Gasteiger partial charge in [-0.1, -0.05) is 58.4 Å². The lowest BCUT2D eigenvalue weighted by molar-refractivity contribution is 1.42. The Labute approximate surface area is 104 Å². The summed E-state index contributed by atoms with van der Waals surface area (Å²) < 4.78 is 0. The Balaban J connectivity index is 2.50. The van der Waals surface area contributed by atoms with Crippen molar-refractivity contribution in [3.63, 3.8) is 0 Å². The minimum Gasteiger partial charge on any atom is -0.103 e. The summed E-state index contributed by atoms with van der Waals surface area (Å²) in [6, 6.07) is 14.9. The van der Waals surface area contributed by atoms with E-state index in [1.165, 1.54) is 21.9 Å². The second-order valence-corrected chi connectivity index (χ2v) is 4.15. The first-order valence-electron chi connectivity index (χ1n) is 5.24. The van der Waals surface area contributed by atoms with Gasteiger partial charge in [0.05, 0.1) is 0 Å². The summed E-state index contributed by atoms with van der Waals surface area (Å²) in [7, 11) is 0. The molecule has 0 radical (unpaired) electrons. The molecule has 80 valence electrons. The van der Waals surface area contributed by atoms with E-state index in [-0.39, 0.29) is 0 Å². The number of hydrogen-bond donors (Lipinski definition) is 0. The van der Waals surface area contributed by atoms with Gasteiger partial charge in [-0.05, 0) is 39.4 Å². The Kier molecular flexibility index (Phi) is 3.58. The summed E-state index contributed by atoms with van der Waals surface area (Å²) in [6.07, 6.45) is 2.80. The zero-order valence-electron chi connectivity index (χ0n) is 8.99. The van der Waals surface area contributed by atoms with Crippen LogP contribution in [0.25, 0.3) is 16.3 Å². The third kappa shape index (κ3) is 2.25. The van der Waals surface area contributed by atoms with E-state index in [0.717, 1.165) is 6.42 Å². The van der Waals surface area contributed by atoms with Crippen molar-refractivity contribution < 1.29 is 0 Å². The highest BCUT2D eigenvalue weighted by atomic mass is 79.9. The van der Waals surface area contributed by atoms with Crippen LogP contribution in [0.2, 0.25) is 0 Å². The van der Waals surface area contributed by atoms with Crippen LogP contribution < -0.4 is 0 Å². The summed E-state index contributed by atoms with van der Waals surface area (Å²) in [5.41, 5.74) is 2.50. The van der Waals surface area contributed by atoms with Gasteiger partial charge in [-0.3, -0.25) is 0 Å². The maximum atomic E-state index is 3.77. The van der Waals surface area contributed by atoms with Crippen LogP contribution in [0, 0.1) is 0 Å². The number of allylic oxidation sites excluding steroid dienone is 2. The van der Waals surface area contributed by atoms with Gasteiger partial charge in [0.1, 0.15) is 0 Å². The minimum absolute atomic E-state index is 0.879. The molecule has 0 saturated carbocycles. The van der Waals surface area contributed by atoms with Gasteiger partial charge < -0.3 is 0 Å². The highest BCUT2D eigenvalue weighted by Gasteiger charge is 2.00. The monoisotopic (exact) mass is 272 g/mol. The van der Waals surface area contributed by atoms with Crippen LogP contribution in [-0.4, -0.2) is 0 Å². The van der Waals surface area contributed by atoms with Crippen molar-refractivity contribution in [1.82, 2.24) is 0 Å². The maximum absolute atomic E-state index is 3.77. The number of benzene rings is 2. The predicted octanol–water partition coefficient (Wildman–Crippen LogP) is 5.15. The van der Waals surface area contributed by atoms with Gasteiger partial charge in [-0.25, -0.2) is 0 Å². The highest BCUT2D eigenvalue weighted by molar-refractivity contribution is 9.11. The van der Waals surface area contributed by atoms with Gasteiger partial charge in [0, 0.05) is 0 Å². The molecule has 0 saturated heterocycles. The van der Waals surface area contributed by atoms with Crippen molar-refractivity contribution in [3.05, 3.63) is 65.7 Å². The van der Waals surface area contributed by atoms with E-state index < -0.39 is 0 Å². The summed E-state index contributed by atoms with van der Waals surface area (Å²) in [4.78, 5) is 1.97. The highest BCUT2D eigenvalue weighted by Crippen LogP contribution is 2.24. The standard InChI is InChI=1S/C15H13Br/c1-2-5-15(11-16)14-9-8-12-6-3-4-7-13(12)10-14/h2-4,6-11H,1,5H2/b15-11-. The van der Waals surface area contributed by atoms with Crippen molar-refractivity contribution >= 4 is 32.3 Å². The molecule has 0 bridgehead atoms. The molecule has 0 aliphatic rings. The van der Waals surface area contributed by atoms with Crippen LogP contribution in [0.1, 0.15) is 12.0 Å². The third-order valence-corrected chi connectivity index (χ3v) is 3.17. The first-order valence-corrected chi connectivity index (χ1v) is 6.16. The fourth-order valence-corrected chi connectivity index (χ4v) is 2.22. The lowest BCUT2D eigenvalue weighted by atomic mass is 10.0. The Bertz CT molecular complexity index is 538. The van der Waals surface area contributed by atoms with Crippen LogP contribution in [-0.2, 0) is 0 Å². The molecule has 2 rings (SSSR count). The van der Waals surface area contributed by atoms with Crippen molar-refractivity contribution in [3.8, 4) is 0 Å². The van der Waals surface area contributed by atoms with Gasteiger partial charge in [0.15, 0.2) is 0 Å². The predicted molar refractivity (Wildman–Crippen MR) is 75.7 cm³/mol. The second-order valence-electron chi connectivity index (χ2n) is 3.69. The molecule has 0 N–H and O–H groups in total. The molecular formula is C15H13Br. The molecular weight excluding hydrogens is 260 g/mol. The van der Waals surface area contributed by atoms with Gasteiger partial charge >= 0.3 is 0 Å². The van der Waals surface area contributed by atoms with Crippen LogP contribution in [0.3, 0.4) is 0 Å². The van der Waals surface area contributed by atoms with E-state index in [1.807, 2.05) is 11.1 Å². The Morgan fingerprint density at radius 1 is 1.12 bits per heavy atom. The van der Waals surface area contributed by atoms with Crippen molar-refractivity contribution in [1.29, 1.82) is 0 Å². The van der Waals surface area contributed by atoms with E-state index in [9.17, 15) is 0 Å². The number of rotatable bonds is 3. The van der Waals surface area contributed by atoms with E-state index in [2.05, 4.69) is 65.0 Å². The maximum Gasteiger partial charge on any atom is -0.00890 e. The third-order valence-electron chi connectivity index (χ3n) is 2.62. The molecule has 2 aromatic carbocycles. The number of hydrogen-bond acceptors (Lipinski definition) is 0. The SMILES string of the molecule is C=CC/C(=C/Br)c1ccc2ccccc2c1. The molecule has 1 heteroatoms. The smallest absolute Gasteiger partial charge is 0.00890 e. The molecule has 0 spiro atoms. The van der Waals surface area contributed by atoms with E-state index >= 15 is 0 Å². The zero-order chi connectivity index (χ0) is 11.4. The fourth-order valence-electron chi connectivity index (χ4n) is 1.77. The largest absolute Gasteiger partial charge is 0.103 e. The summed E-state index contributed by atoms with van der Waals surface area (Å²) >= 11 is 3.41. The molecule has 2 aromatic rings. The number of fused-ring (bicyclic) bond motifs is 1. The van der Waals surface area contributed by atoms with E-state index in [0.29, 0.717) is 0 Å². The van der Waals surface area contributed by atoms with Crippen LogP contribution >= 0.6 is 15.9 Å². The Morgan fingerprint density at radius 3 is 2.56 bits per heavy atom. The lowest BCUT2D eigenvalue weighted by Crippen LogP contribution is -1.82. The first kappa shape index (κ1) is 11.2. The minimum atomic E-state index is 0.879. The average molecular weight is 273 g/mol. The van der Waals surface area contributed by atoms with E-state index in [1.54, 1.807) is 0 Å². The topological polar surface area (TPSA) is 0 Å². The summed E-state index contributed by atoms with van der Waals surface area (Å²) in [6.45, 7) is 3.77. The molecule has 0 aliphatic carbocycles. The zero-order valence-corrected chi connectivity index (χ0v) is 10.6. The van der Waals surface area contributed by atoms with E-state index in [4.69, 9.17) is 0 Å². The molecule has 0 amide bonds. The second kappa shape index (κ2) is 5.13. The van der Waals surface area contributed by atoms with Crippen molar-refractivity contribution in [2.75, 3.05) is 0 Å². The van der Waals surface area contributed by atoms with Crippen LogP contribution in [0.5, 0.6) is 0 Å². The average Bonchev–Trinajstić information content (AvgIpc) is 2.35. The molecule has 16 heavy (non-hydrogen) atoms. The van der Waals surface area contributed by atoms with Gasteiger partial charge in [-0.2, -0.15) is 0 Å². The van der Waals surface area contributed by atoms with Gasteiger partial charge in [0.2, 0.25) is 0 Å². The van der Waals surface area contributed by atoms with Crippen LogP contribution in [0.4, 0.5) is 0 Å². The molecule has 0 fully saturated rings. The molecule has 0 aliphatic heterocycles. The number of halogens is 1. The molecule has 0 heterocycles. The molecule has 0 atom stereocenters. The normalized spacial score (nSPS) is 11.7. The Hall–Kier alpha value is -1.34. The van der Waals surface area contributed by atoms with Gasteiger partial charge in [0.25, 0.3) is 0 Å². The first-order chi connectivity index (χ1) is 7.85. The lowest BCUT2D eigenvalue weighted by Gasteiger charge is -2.05. The Morgan fingerprint density at radius 2 is 1.88 bits per heavy atom. The quantitative estimate of drug-likeness (QED) is 0.678. The van der Waals surface area contributed by atoms with Gasteiger partial charge in [-0.15, -0.1) is 6.58 Å².